The maximum Gasteiger partial charge on any atom is 0.0705 e. The number of aromatic nitrogens is 1. The minimum absolute atomic E-state index is 0.229. The Morgan fingerprint density at radius 2 is 2.19 bits per heavy atom. The summed E-state index contributed by atoms with van der Waals surface area (Å²) >= 11 is 0. The largest absolute Gasteiger partial charge is 0.271 e. The molecule has 1 saturated carbocycles. The summed E-state index contributed by atoms with van der Waals surface area (Å²) in [6, 6.07) is 10.8. The van der Waals surface area contributed by atoms with E-state index in [-0.39, 0.29) is 6.04 Å². The topological polar surface area (TPSA) is 50.9 Å². The van der Waals surface area contributed by atoms with Gasteiger partial charge in [-0.25, -0.2) is 0 Å². The summed E-state index contributed by atoms with van der Waals surface area (Å²) in [7, 11) is 0. The molecule has 1 aliphatic carbocycles. The van der Waals surface area contributed by atoms with Gasteiger partial charge in [0, 0.05) is 17.6 Å². The van der Waals surface area contributed by atoms with Crippen molar-refractivity contribution in [2.24, 2.45) is 17.7 Å². The summed E-state index contributed by atoms with van der Waals surface area (Å²) in [5.41, 5.74) is 5.45. The number of hydrogen-bond donors (Lipinski definition) is 2. The van der Waals surface area contributed by atoms with Gasteiger partial charge in [-0.2, -0.15) is 0 Å². The van der Waals surface area contributed by atoms with Crippen molar-refractivity contribution >= 4 is 10.9 Å². The highest BCUT2D eigenvalue weighted by Crippen LogP contribution is 2.39. The van der Waals surface area contributed by atoms with Crippen LogP contribution in [0.1, 0.15) is 50.6 Å². The molecule has 3 unspecified atom stereocenters. The molecule has 3 atom stereocenters. The average molecular weight is 283 g/mol. The van der Waals surface area contributed by atoms with Gasteiger partial charge in [-0.3, -0.25) is 16.3 Å². The standard InChI is InChI=1S/C18H25N3/c1-2-13-6-3-7-14(12-13)18(21-19)16-8-4-10-17-15(16)9-5-11-20-17/h4-5,8-11,13-14,18,21H,2-3,6-7,12,19H2,1H3. The molecule has 0 saturated heterocycles. The Kier molecular flexibility index (Phi) is 4.51. The second-order valence-corrected chi connectivity index (χ2v) is 6.26. The number of benzene rings is 1. The molecule has 0 radical (unpaired) electrons. The first kappa shape index (κ1) is 14.5. The van der Waals surface area contributed by atoms with E-state index in [0.29, 0.717) is 5.92 Å². The number of nitrogens with zero attached hydrogens (tertiary/aromatic N) is 1. The van der Waals surface area contributed by atoms with Gasteiger partial charge in [0.25, 0.3) is 0 Å². The average Bonchev–Trinajstić information content (AvgIpc) is 2.56. The monoisotopic (exact) mass is 283 g/mol. The van der Waals surface area contributed by atoms with Gasteiger partial charge in [-0.15, -0.1) is 0 Å². The van der Waals surface area contributed by atoms with E-state index in [9.17, 15) is 0 Å². The zero-order chi connectivity index (χ0) is 14.7. The first-order chi connectivity index (χ1) is 10.3. The first-order valence-corrected chi connectivity index (χ1v) is 8.13. The molecule has 1 heterocycles. The predicted molar refractivity (Wildman–Crippen MR) is 87.5 cm³/mol. The van der Waals surface area contributed by atoms with E-state index in [0.717, 1.165) is 11.4 Å². The molecule has 3 heteroatoms. The fourth-order valence-corrected chi connectivity index (χ4v) is 3.88. The molecule has 1 fully saturated rings. The van der Waals surface area contributed by atoms with E-state index in [2.05, 4.69) is 41.6 Å². The van der Waals surface area contributed by atoms with Gasteiger partial charge < -0.3 is 0 Å². The van der Waals surface area contributed by atoms with E-state index < -0.39 is 0 Å². The molecule has 0 amide bonds. The quantitative estimate of drug-likeness (QED) is 0.659. The Hall–Kier alpha value is -1.45. The minimum atomic E-state index is 0.229. The lowest BCUT2D eigenvalue weighted by Crippen LogP contribution is -2.36. The third-order valence-corrected chi connectivity index (χ3v) is 5.07. The minimum Gasteiger partial charge on any atom is -0.271 e. The Morgan fingerprint density at radius 3 is 3.00 bits per heavy atom. The van der Waals surface area contributed by atoms with Gasteiger partial charge >= 0.3 is 0 Å². The molecule has 112 valence electrons. The van der Waals surface area contributed by atoms with Crippen LogP contribution >= 0.6 is 0 Å². The zero-order valence-corrected chi connectivity index (χ0v) is 12.8. The summed E-state index contributed by atoms with van der Waals surface area (Å²) in [5.74, 6) is 7.42. The zero-order valence-electron chi connectivity index (χ0n) is 12.8. The van der Waals surface area contributed by atoms with E-state index in [1.165, 1.54) is 43.1 Å². The number of hydrazine groups is 1. The lowest BCUT2D eigenvalue weighted by molar-refractivity contribution is 0.210. The fourth-order valence-electron chi connectivity index (χ4n) is 3.88. The second-order valence-electron chi connectivity index (χ2n) is 6.26. The maximum absolute atomic E-state index is 5.94. The molecule has 2 aromatic rings. The molecule has 0 bridgehead atoms. The van der Waals surface area contributed by atoms with Crippen molar-refractivity contribution in [3.05, 3.63) is 42.1 Å². The van der Waals surface area contributed by atoms with Gasteiger partial charge in [-0.1, -0.05) is 44.4 Å². The molecule has 3 N–H and O–H groups in total. The van der Waals surface area contributed by atoms with Crippen LogP contribution in [0.4, 0.5) is 0 Å². The van der Waals surface area contributed by atoms with Gasteiger partial charge in [0.1, 0.15) is 0 Å². The van der Waals surface area contributed by atoms with Gasteiger partial charge in [0.15, 0.2) is 0 Å². The summed E-state index contributed by atoms with van der Waals surface area (Å²) in [5, 5.41) is 1.22. The lowest BCUT2D eigenvalue weighted by atomic mass is 9.75. The van der Waals surface area contributed by atoms with E-state index in [1.807, 2.05) is 12.3 Å². The van der Waals surface area contributed by atoms with Gasteiger partial charge in [0.05, 0.1) is 5.52 Å². The van der Waals surface area contributed by atoms with Crippen LogP contribution in [0.2, 0.25) is 0 Å². The van der Waals surface area contributed by atoms with E-state index >= 15 is 0 Å². The molecular formula is C18H25N3. The molecule has 1 aromatic carbocycles. The highest BCUT2D eigenvalue weighted by molar-refractivity contribution is 5.82. The number of rotatable bonds is 4. The highest BCUT2D eigenvalue weighted by atomic mass is 15.2. The Morgan fingerprint density at radius 1 is 1.29 bits per heavy atom. The lowest BCUT2D eigenvalue weighted by Gasteiger charge is -2.34. The molecule has 1 aliphatic rings. The normalized spacial score (nSPS) is 24.1. The fraction of sp³-hybridized carbons (Fsp3) is 0.500. The molecule has 0 aliphatic heterocycles. The van der Waals surface area contributed by atoms with Crippen molar-refractivity contribution in [2.45, 2.75) is 45.1 Å². The van der Waals surface area contributed by atoms with Crippen molar-refractivity contribution in [1.29, 1.82) is 0 Å². The third kappa shape index (κ3) is 2.94. The van der Waals surface area contributed by atoms with Crippen molar-refractivity contribution in [1.82, 2.24) is 10.4 Å². The number of pyridine rings is 1. The van der Waals surface area contributed by atoms with Crippen molar-refractivity contribution in [3.8, 4) is 0 Å². The molecular weight excluding hydrogens is 258 g/mol. The van der Waals surface area contributed by atoms with Crippen LogP contribution in [0.5, 0.6) is 0 Å². The van der Waals surface area contributed by atoms with Crippen LogP contribution in [0.15, 0.2) is 36.5 Å². The summed E-state index contributed by atoms with van der Waals surface area (Å²) in [4.78, 5) is 4.47. The Labute approximate surface area is 126 Å². The molecule has 0 spiro atoms. The summed E-state index contributed by atoms with van der Waals surface area (Å²) in [6.07, 6.45) is 8.38. The SMILES string of the molecule is CCC1CCCC(C(NN)c2cccc3ncccc23)C1. The smallest absolute Gasteiger partial charge is 0.0705 e. The highest BCUT2D eigenvalue weighted by Gasteiger charge is 2.29. The second kappa shape index (κ2) is 6.54. The van der Waals surface area contributed by atoms with Gasteiger partial charge in [0.2, 0.25) is 0 Å². The van der Waals surface area contributed by atoms with Crippen LogP contribution in [-0.4, -0.2) is 4.98 Å². The van der Waals surface area contributed by atoms with Crippen molar-refractivity contribution in [3.63, 3.8) is 0 Å². The van der Waals surface area contributed by atoms with Crippen molar-refractivity contribution in [2.75, 3.05) is 0 Å². The molecule has 3 rings (SSSR count). The van der Waals surface area contributed by atoms with Gasteiger partial charge in [-0.05, 0) is 42.4 Å². The summed E-state index contributed by atoms with van der Waals surface area (Å²) in [6.45, 7) is 2.31. The Balaban J connectivity index is 1.94. The number of nitrogens with two attached hydrogens (primary N) is 1. The Bertz CT molecular complexity index is 591. The van der Waals surface area contributed by atoms with Crippen LogP contribution in [0.3, 0.4) is 0 Å². The van der Waals surface area contributed by atoms with Crippen LogP contribution < -0.4 is 11.3 Å². The molecule has 1 aromatic heterocycles. The van der Waals surface area contributed by atoms with Crippen LogP contribution in [0, 0.1) is 11.8 Å². The maximum atomic E-state index is 5.94. The van der Waals surface area contributed by atoms with E-state index in [1.54, 1.807) is 0 Å². The number of hydrogen-bond acceptors (Lipinski definition) is 3. The number of nitrogens with one attached hydrogen (secondary N) is 1. The van der Waals surface area contributed by atoms with Crippen molar-refractivity contribution < 1.29 is 0 Å². The molecule has 21 heavy (non-hydrogen) atoms. The number of fused-ring (bicyclic) bond motifs is 1. The van der Waals surface area contributed by atoms with Crippen LogP contribution in [-0.2, 0) is 0 Å². The first-order valence-electron chi connectivity index (χ1n) is 8.13. The van der Waals surface area contributed by atoms with Crippen LogP contribution in [0.25, 0.3) is 10.9 Å². The molecule has 3 nitrogen and oxygen atoms in total. The third-order valence-electron chi connectivity index (χ3n) is 5.07. The summed E-state index contributed by atoms with van der Waals surface area (Å²) < 4.78 is 0. The predicted octanol–water partition coefficient (Wildman–Crippen LogP) is 3.96. The van der Waals surface area contributed by atoms with E-state index in [4.69, 9.17) is 5.84 Å².